The predicted octanol–water partition coefficient (Wildman–Crippen LogP) is 3.39. The fourth-order valence-corrected chi connectivity index (χ4v) is 6.53. The summed E-state index contributed by atoms with van der Waals surface area (Å²) in [6.07, 6.45) is 1.07. The lowest BCUT2D eigenvalue weighted by molar-refractivity contribution is -0.0771. The van der Waals surface area contributed by atoms with Crippen LogP contribution in [0.2, 0.25) is 0 Å². The number of ether oxygens (including phenoxy) is 2. The van der Waals surface area contributed by atoms with Gasteiger partial charge in [0, 0.05) is 18.2 Å². The zero-order chi connectivity index (χ0) is 31.4. The van der Waals surface area contributed by atoms with Gasteiger partial charge in [-0.1, -0.05) is 77.7 Å². The van der Waals surface area contributed by atoms with Crippen LogP contribution in [0, 0.1) is 11.8 Å². The van der Waals surface area contributed by atoms with Gasteiger partial charge in [-0.05, 0) is 49.2 Å². The van der Waals surface area contributed by atoms with Crippen molar-refractivity contribution in [3.05, 3.63) is 117 Å². The summed E-state index contributed by atoms with van der Waals surface area (Å²) in [4.78, 5) is 28.1. The van der Waals surface area contributed by atoms with Crippen LogP contribution in [0.25, 0.3) is 43.1 Å². The Labute approximate surface area is 260 Å². The highest BCUT2D eigenvalue weighted by Gasteiger charge is 2.37. The molecule has 46 heavy (non-hydrogen) atoms. The highest BCUT2D eigenvalue weighted by atomic mass is 16.6. The topological polar surface area (TPSA) is 144 Å². The summed E-state index contributed by atoms with van der Waals surface area (Å²) in [5, 5.41) is 36.0. The van der Waals surface area contributed by atoms with Gasteiger partial charge in [-0.2, -0.15) is 0 Å². The number of aliphatic hydroxyl groups excluding tert-OH is 2. The lowest BCUT2D eigenvalue weighted by Crippen LogP contribution is -2.33. The number of rotatable bonds is 6. The summed E-state index contributed by atoms with van der Waals surface area (Å²) in [6.45, 7) is -0.575. The van der Waals surface area contributed by atoms with Crippen molar-refractivity contribution in [1.29, 1.82) is 0 Å². The van der Waals surface area contributed by atoms with Crippen molar-refractivity contribution < 1.29 is 19.7 Å². The second-order valence-electron chi connectivity index (χ2n) is 11.3. The molecular weight excluding hydrogens is 586 g/mol. The summed E-state index contributed by atoms with van der Waals surface area (Å²) < 4.78 is 14.5. The van der Waals surface area contributed by atoms with Gasteiger partial charge in [-0.15, -0.1) is 5.10 Å². The number of hydrogen-bond acceptors (Lipinski definition) is 8. The number of H-pyrrole nitrogens is 1. The lowest BCUT2D eigenvalue weighted by Gasteiger charge is -2.16. The molecule has 0 saturated carbocycles. The van der Waals surface area contributed by atoms with E-state index in [2.05, 4.69) is 75.7 Å². The van der Waals surface area contributed by atoms with Crippen molar-refractivity contribution in [3.63, 3.8) is 0 Å². The molecule has 3 atom stereocenters. The Bertz CT molecular complexity index is 2400. The average Bonchev–Trinajstić information content (AvgIpc) is 3.72. The van der Waals surface area contributed by atoms with Gasteiger partial charge in [0.25, 0.3) is 5.56 Å². The fraction of sp³-hybridized carbons (Fsp3) is 0.200. The first-order chi connectivity index (χ1) is 22.5. The molecule has 11 heteroatoms. The van der Waals surface area contributed by atoms with Gasteiger partial charge in [0.1, 0.15) is 30.3 Å². The van der Waals surface area contributed by atoms with Crippen LogP contribution >= 0.6 is 0 Å². The maximum absolute atomic E-state index is 12.9. The van der Waals surface area contributed by atoms with E-state index < -0.39 is 29.7 Å². The quantitative estimate of drug-likeness (QED) is 0.147. The molecule has 8 rings (SSSR count). The Kier molecular flexibility index (Phi) is 6.85. The number of aromatic amines is 1. The minimum Gasteiger partial charge on any atom is -0.394 e. The summed E-state index contributed by atoms with van der Waals surface area (Å²) in [6, 6.07) is 22.9. The van der Waals surface area contributed by atoms with Crippen molar-refractivity contribution in [2.24, 2.45) is 0 Å². The highest BCUT2D eigenvalue weighted by molar-refractivity contribution is 6.33. The minimum atomic E-state index is -0.806. The van der Waals surface area contributed by atoms with Gasteiger partial charge in [0.15, 0.2) is 0 Å². The van der Waals surface area contributed by atoms with Crippen LogP contribution in [0.1, 0.15) is 29.5 Å². The van der Waals surface area contributed by atoms with Gasteiger partial charge in [-0.3, -0.25) is 14.3 Å². The van der Waals surface area contributed by atoms with Gasteiger partial charge in [0.05, 0.1) is 25.5 Å². The predicted molar refractivity (Wildman–Crippen MR) is 171 cm³/mol. The number of aromatic nitrogens is 5. The number of fused-ring (bicyclic) bond motifs is 2. The molecule has 0 radical (unpaired) electrons. The monoisotopic (exact) mass is 613 g/mol. The van der Waals surface area contributed by atoms with Crippen molar-refractivity contribution in [2.45, 2.75) is 38.2 Å². The van der Waals surface area contributed by atoms with E-state index in [1.165, 1.54) is 37.0 Å². The molecule has 228 valence electrons. The van der Waals surface area contributed by atoms with Crippen molar-refractivity contribution >= 4 is 43.1 Å². The molecule has 0 amide bonds. The first-order valence-corrected chi connectivity index (χ1v) is 14.9. The Balaban J connectivity index is 1.14. The second kappa shape index (κ2) is 11.2. The van der Waals surface area contributed by atoms with Crippen molar-refractivity contribution in [1.82, 2.24) is 24.5 Å². The van der Waals surface area contributed by atoms with Crippen LogP contribution in [0.15, 0.2) is 88.7 Å². The van der Waals surface area contributed by atoms with E-state index in [1.54, 1.807) is 6.20 Å². The van der Waals surface area contributed by atoms with Crippen molar-refractivity contribution in [3.8, 4) is 11.8 Å². The van der Waals surface area contributed by atoms with E-state index in [1.807, 2.05) is 18.2 Å². The normalized spacial score (nSPS) is 18.2. The third-order valence-corrected chi connectivity index (χ3v) is 8.66. The molecule has 0 bridgehead atoms. The summed E-state index contributed by atoms with van der Waals surface area (Å²) in [5.74, 6) is 6.17. The molecule has 7 aromatic rings. The summed E-state index contributed by atoms with van der Waals surface area (Å²) in [5.41, 5.74) is -0.00829. The lowest BCUT2D eigenvalue weighted by atomic mass is 9.88. The largest absolute Gasteiger partial charge is 0.394 e. The molecule has 1 aliphatic heterocycles. The summed E-state index contributed by atoms with van der Waals surface area (Å²) >= 11 is 0. The molecule has 1 fully saturated rings. The van der Waals surface area contributed by atoms with Crippen molar-refractivity contribution in [2.75, 3.05) is 6.61 Å². The molecule has 0 aliphatic carbocycles. The first-order valence-electron chi connectivity index (χ1n) is 14.9. The maximum atomic E-state index is 12.9. The smallest absolute Gasteiger partial charge is 0.330 e. The van der Waals surface area contributed by atoms with Crippen LogP contribution in [-0.4, -0.2) is 53.6 Å². The molecular formula is C35H27N5O6. The highest BCUT2D eigenvalue weighted by Crippen LogP contribution is 2.40. The fourth-order valence-electron chi connectivity index (χ4n) is 6.53. The molecule has 2 aromatic heterocycles. The molecule has 11 nitrogen and oxygen atoms in total. The SMILES string of the molecule is O=c1[nH]c(=O)n([C@H]2C[C@H](OCn3cc(CO)nn3)[C@@H](CO)O2)cc1C#Cc1ccc2c3cccc4cccc(c5cccc1c52)c43. The molecule has 0 unspecified atom stereocenters. The van der Waals surface area contributed by atoms with Crippen LogP contribution in [0.3, 0.4) is 0 Å². The standard InChI is InChI=1S/C35H27N5O6/c41-17-23-16-39(38-37-23)19-45-29-14-31(46-30(29)18-42)40-15-22(34(43)36-35(40)44)11-10-20-12-13-28-26-8-2-5-21-4-1-7-25(32(21)26)27-9-3-6-24(20)33(27)28/h1-9,12-13,15-16,29-31,41-42H,14,17-19H2,(H,36,43,44)/t29-,30+,31+/m0/s1. The van der Waals surface area contributed by atoms with E-state index in [4.69, 9.17) is 9.47 Å². The van der Waals surface area contributed by atoms with Crippen LogP contribution in [0.4, 0.5) is 0 Å². The molecule has 5 aromatic carbocycles. The molecule has 0 spiro atoms. The molecule has 1 aliphatic rings. The first kappa shape index (κ1) is 28.1. The van der Waals surface area contributed by atoms with Gasteiger partial charge in [-0.25, -0.2) is 9.48 Å². The van der Waals surface area contributed by atoms with E-state index in [0.29, 0.717) is 5.69 Å². The maximum Gasteiger partial charge on any atom is 0.330 e. The van der Waals surface area contributed by atoms with Gasteiger partial charge < -0.3 is 19.7 Å². The van der Waals surface area contributed by atoms with Crippen LogP contribution in [-0.2, 0) is 22.8 Å². The molecule has 1 saturated heterocycles. The van der Waals surface area contributed by atoms with E-state index in [0.717, 1.165) is 27.1 Å². The number of aliphatic hydroxyl groups is 2. The Morgan fingerprint density at radius 3 is 2.30 bits per heavy atom. The number of benzene rings is 5. The van der Waals surface area contributed by atoms with Crippen LogP contribution in [0.5, 0.6) is 0 Å². The zero-order valence-electron chi connectivity index (χ0n) is 24.4. The van der Waals surface area contributed by atoms with Gasteiger partial charge in [0.2, 0.25) is 0 Å². The average molecular weight is 614 g/mol. The Morgan fingerprint density at radius 2 is 1.57 bits per heavy atom. The number of nitrogens with zero attached hydrogens (tertiary/aromatic N) is 4. The third-order valence-electron chi connectivity index (χ3n) is 8.66. The minimum absolute atomic E-state index is 0.0106. The van der Waals surface area contributed by atoms with E-state index in [-0.39, 0.29) is 31.9 Å². The van der Waals surface area contributed by atoms with Crippen LogP contribution < -0.4 is 11.2 Å². The number of nitrogens with one attached hydrogen (secondary N) is 1. The molecule has 3 N–H and O–H groups in total. The Hall–Kier alpha value is -5.38. The third kappa shape index (κ3) is 4.63. The molecule has 3 heterocycles. The number of hydrogen-bond donors (Lipinski definition) is 3. The zero-order valence-corrected chi connectivity index (χ0v) is 24.4. The Morgan fingerprint density at radius 1 is 0.870 bits per heavy atom. The van der Waals surface area contributed by atoms with E-state index >= 15 is 0 Å². The second-order valence-corrected chi connectivity index (χ2v) is 11.3. The summed E-state index contributed by atoms with van der Waals surface area (Å²) in [7, 11) is 0. The van der Waals surface area contributed by atoms with Gasteiger partial charge >= 0.3 is 5.69 Å². The van der Waals surface area contributed by atoms with E-state index in [9.17, 15) is 19.8 Å².